The molecule has 4 heteroatoms. The van der Waals surface area contributed by atoms with Crippen LogP contribution >= 0.6 is 0 Å². The number of aryl methyl sites for hydroxylation is 1. The van der Waals surface area contributed by atoms with Gasteiger partial charge in [0, 0.05) is 0 Å². The highest BCUT2D eigenvalue weighted by atomic mass is 16.5. The van der Waals surface area contributed by atoms with E-state index in [-0.39, 0.29) is 11.1 Å². The average Bonchev–Trinajstić information content (AvgIpc) is 2.56. The topological polar surface area (TPSA) is 63.6 Å². The fraction of sp³-hybridized carbons (Fsp3) is 0.263. The minimum atomic E-state index is -1.14. The molecule has 2 aromatic carbocycles. The molecule has 0 unspecified atom stereocenters. The first-order valence-electron chi connectivity index (χ1n) is 7.76. The molecule has 0 saturated carbocycles. The summed E-state index contributed by atoms with van der Waals surface area (Å²) < 4.78 is 5.45. The van der Waals surface area contributed by atoms with Crippen LogP contribution in [0.15, 0.2) is 48.5 Å². The van der Waals surface area contributed by atoms with E-state index in [9.17, 15) is 14.7 Å². The molecular weight excluding hydrogens is 292 g/mol. The van der Waals surface area contributed by atoms with Crippen LogP contribution in [-0.4, -0.2) is 17.0 Å². The number of ether oxygens (including phenoxy) is 1. The standard InChI is InChI=1S/C19H20O4/c1-2-3-4-9-14-10-5-8-13-17(14)23-19(22)16-12-7-6-11-15(16)18(20)21/h5-8,10-13H,2-4,9H2,1H3,(H,20,21). The Labute approximate surface area is 135 Å². The van der Waals surface area contributed by atoms with Crippen molar-refractivity contribution in [3.8, 4) is 5.75 Å². The molecule has 0 aliphatic rings. The van der Waals surface area contributed by atoms with Crippen molar-refractivity contribution in [3.05, 3.63) is 65.2 Å². The van der Waals surface area contributed by atoms with E-state index >= 15 is 0 Å². The Morgan fingerprint density at radius 1 is 0.957 bits per heavy atom. The molecule has 0 bridgehead atoms. The van der Waals surface area contributed by atoms with Gasteiger partial charge in [-0.3, -0.25) is 0 Å². The van der Waals surface area contributed by atoms with E-state index < -0.39 is 11.9 Å². The molecule has 0 radical (unpaired) electrons. The maximum atomic E-state index is 12.3. The van der Waals surface area contributed by atoms with Crippen molar-refractivity contribution >= 4 is 11.9 Å². The normalized spacial score (nSPS) is 10.3. The van der Waals surface area contributed by atoms with Gasteiger partial charge in [-0.25, -0.2) is 9.59 Å². The second-order valence-electron chi connectivity index (χ2n) is 5.31. The van der Waals surface area contributed by atoms with Crippen molar-refractivity contribution in [1.29, 1.82) is 0 Å². The summed E-state index contributed by atoms with van der Waals surface area (Å²) in [5.74, 6) is -1.30. The van der Waals surface area contributed by atoms with Gasteiger partial charge in [0.2, 0.25) is 0 Å². The summed E-state index contributed by atoms with van der Waals surface area (Å²) in [4.78, 5) is 23.5. The maximum absolute atomic E-state index is 12.3. The number of esters is 1. The summed E-state index contributed by atoms with van der Waals surface area (Å²) in [5.41, 5.74) is 0.964. The molecule has 23 heavy (non-hydrogen) atoms. The molecule has 0 amide bonds. The Kier molecular flexibility index (Phi) is 5.92. The first kappa shape index (κ1) is 16.7. The quantitative estimate of drug-likeness (QED) is 0.469. The van der Waals surface area contributed by atoms with Gasteiger partial charge in [0.15, 0.2) is 0 Å². The fourth-order valence-electron chi connectivity index (χ4n) is 2.38. The Balaban J connectivity index is 2.19. The third-order valence-electron chi connectivity index (χ3n) is 3.60. The molecule has 0 aliphatic carbocycles. The van der Waals surface area contributed by atoms with Gasteiger partial charge >= 0.3 is 11.9 Å². The first-order valence-corrected chi connectivity index (χ1v) is 7.76. The van der Waals surface area contributed by atoms with E-state index in [4.69, 9.17) is 4.74 Å². The number of carbonyl (C=O) groups excluding carboxylic acids is 1. The smallest absolute Gasteiger partial charge is 0.344 e. The summed E-state index contributed by atoms with van der Waals surface area (Å²) >= 11 is 0. The van der Waals surface area contributed by atoms with E-state index in [2.05, 4.69) is 6.92 Å². The van der Waals surface area contributed by atoms with Gasteiger partial charge in [0.05, 0.1) is 11.1 Å². The lowest BCUT2D eigenvalue weighted by atomic mass is 10.1. The minimum Gasteiger partial charge on any atom is -0.478 e. The van der Waals surface area contributed by atoms with E-state index in [0.717, 1.165) is 31.2 Å². The summed E-state index contributed by atoms with van der Waals surface area (Å²) in [6.07, 6.45) is 4.09. The molecule has 0 spiro atoms. The van der Waals surface area contributed by atoms with Gasteiger partial charge in [-0.15, -0.1) is 0 Å². The largest absolute Gasteiger partial charge is 0.478 e. The Hall–Kier alpha value is -2.62. The Morgan fingerprint density at radius 2 is 1.61 bits per heavy atom. The van der Waals surface area contributed by atoms with Crippen LogP contribution in [0.3, 0.4) is 0 Å². The van der Waals surface area contributed by atoms with Crippen LogP contribution in [0.25, 0.3) is 0 Å². The predicted molar refractivity (Wildman–Crippen MR) is 88.0 cm³/mol. The van der Waals surface area contributed by atoms with Gasteiger partial charge in [-0.1, -0.05) is 50.1 Å². The number of rotatable bonds is 7. The third-order valence-corrected chi connectivity index (χ3v) is 3.60. The van der Waals surface area contributed by atoms with E-state index in [0.29, 0.717) is 5.75 Å². The number of unbranched alkanes of at least 4 members (excludes halogenated alkanes) is 2. The van der Waals surface area contributed by atoms with Gasteiger partial charge in [-0.05, 0) is 36.6 Å². The van der Waals surface area contributed by atoms with Crippen LogP contribution in [-0.2, 0) is 6.42 Å². The van der Waals surface area contributed by atoms with E-state index in [1.165, 1.54) is 12.1 Å². The lowest BCUT2D eigenvalue weighted by Crippen LogP contribution is -2.14. The lowest BCUT2D eigenvalue weighted by Gasteiger charge is -2.11. The number of benzene rings is 2. The number of para-hydroxylation sites is 1. The van der Waals surface area contributed by atoms with Crippen molar-refractivity contribution in [2.45, 2.75) is 32.6 Å². The van der Waals surface area contributed by atoms with Crippen LogP contribution in [0.5, 0.6) is 5.75 Å². The number of aromatic carboxylic acids is 1. The third kappa shape index (κ3) is 4.42. The Bertz CT molecular complexity index is 691. The highest BCUT2D eigenvalue weighted by Gasteiger charge is 2.18. The molecule has 0 aliphatic heterocycles. The summed E-state index contributed by atoms with van der Waals surface area (Å²) in [6.45, 7) is 2.13. The average molecular weight is 312 g/mol. The molecule has 0 heterocycles. The zero-order valence-electron chi connectivity index (χ0n) is 13.1. The fourth-order valence-corrected chi connectivity index (χ4v) is 2.38. The molecule has 0 atom stereocenters. The van der Waals surface area contributed by atoms with Gasteiger partial charge in [0.1, 0.15) is 5.75 Å². The maximum Gasteiger partial charge on any atom is 0.344 e. The second-order valence-corrected chi connectivity index (χ2v) is 5.31. The summed E-state index contributed by atoms with van der Waals surface area (Å²) in [5, 5.41) is 9.17. The monoisotopic (exact) mass is 312 g/mol. The van der Waals surface area contributed by atoms with Crippen molar-refractivity contribution < 1.29 is 19.4 Å². The highest BCUT2D eigenvalue weighted by Crippen LogP contribution is 2.22. The number of carboxylic acid groups (broad SMARTS) is 1. The molecule has 0 aromatic heterocycles. The van der Waals surface area contributed by atoms with Gasteiger partial charge in [-0.2, -0.15) is 0 Å². The number of hydrogen-bond acceptors (Lipinski definition) is 3. The van der Waals surface area contributed by atoms with E-state index in [1.807, 2.05) is 12.1 Å². The predicted octanol–water partition coefficient (Wildman–Crippen LogP) is 4.34. The first-order chi connectivity index (χ1) is 11.1. The van der Waals surface area contributed by atoms with Crippen LogP contribution in [0, 0.1) is 0 Å². The van der Waals surface area contributed by atoms with Crippen LogP contribution < -0.4 is 4.74 Å². The summed E-state index contributed by atoms with van der Waals surface area (Å²) in [6, 6.07) is 13.4. The van der Waals surface area contributed by atoms with Crippen molar-refractivity contribution in [2.24, 2.45) is 0 Å². The number of carbonyl (C=O) groups is 2. The lowest BCUT2D eigenvalue weighted by molar-refractivity contribution is 0.0667. The Morgan fingerprint density at radius 3 is 2.30 bits per heavy atom. The molecule has 4 nitrogen and oxygen atoms in total. The second kappa shape index (κ2) is 8.13. The van der Waals surface area contributed by atoms with Gasteiger partial charge in [0.25, 0.3) is 0 Å². The van der Waals surface area contributed by atoms with Crippen LogP contribution in [0.2, 0.25) is 0 Å². The van der Waals surface area contributed by atoms with Crippen LogP contribution in [0.1, 0.15) is 52.5 Å². The zero-order valence-corrected chi connectivity index (χ0v) is 13.1. The molecule has 2 rings (SSSR count). The van der Waals surface area contributed by atoms with Crippen LogP contribution in [0.4, 0.5) is 0 Å². The van der Waals surface area contributed by atoms with Crippen molar-refractivity contribution in [2.75, 3.05) is 0 Å². The molecule has 1 N–H and O–H groups in total. The zero-order chi connectivity index (χ0) is 16.7. The molecule has 120 valence electrons. The molecular formula is C19H20O4. The highest BCUT2D eigenvalue weighted by molar-refractivity contribution is 6.03. The molecule has 2 aromatic rings. The van der Waals surface area contributed by atoms with Gasteiger partial charge < -0.3 is 9.84 Å². The number of hydrogen-bond donors (Lipinski definition) is 1. The summed E-state index contributed by atoms with van der Waals surface area (Å²) in [7, 11) is 0. The van der Waals surface area contributed by atoms with Crippen molar-refractivity contribution in [3.63, 3.8) is 0 Å². The molecule has 0 saturated heterocycles. The van der Waals surface area contributed by atoms with Crippen molar-refractivity contribution in [1.82, 2.24) is 0 Å². The minimum absolute atomic E-state index is 0.0547. The SMILES string of the molecule is CCCCCc1ccccc1OC(=O)c1ccccc1C(=O)O. The molecule has 0 fully saturated rings. The number of carboxylic acids is 1. The van der Waals surface area contributed by atoms with E-state index in [1.54, 1.807) is 24.3 Å².